The number of amides is 2. The van der Waals surface area contributed by atoms with E-state index in [1.165, 1.54) is 6.33 Å². The Labute approximate surface area is 97.6 Å². The van der Waals surface area contributed by atoms with Crippen LogP contribution in [0.1, 0.15) is 5.69 Å². The molecule has 0 saturated heterocycles. The first-order valence-corrected chi connectivity index (χ1v) is 3.94. The lowest BCUT2D eigenvalue weighted by molar-refractivity contribution is -0.138. The number of aromatic amines is 1. The maximum absolute atomic E-state index is 10.3. The van der Waals surface area contributed by atoms with E-state index in [0.717, 1.165) is 5.69 Å². The number of primary amides is 2. The zero-order valence-corrected chi connectivity index (χ0v) is 9.11. The number of halogens is 1. The molecule has 1 aromatic rings. The van der Waals surface area contributed by atoms with Crippen LogP contribution < -0.4 is 17.2 Å². The molecule has 0 bridgehead atoms. The van der Waals surface area contributed by atoms with E-state index in [9.17, 15) is 4.79 Å². The molecule has 8 nitrogen and oxygen atoms in total. The Hall–Kier alpha value is -1.80. The van der Waals surface area contributed by atoms with Crippen molar-refractivity contribution < 1.29 is 14.7 Å². The van der Waals surface area contributed by atoms with Crippen LogP contribution in [0.15, 0.2) is 12.5 Å². The number of carboxylic acids is 1. The lowest BCUT2D eigenvalue weighted by Crippen LogP contribution is -2.32. The van der Waals surface area contributed by atoms with Crippen molar-refractivity contribution in [3.8, 4) is 0 Å². The molecule has 0 aliphatic rings. The minimum atomic E-state index is -1.00. The zero-order chi connectivity index (χ0) is 11.8. The Morgan fingerprint density at radius 3 is 2.31 bits per heavy atom. The molecule has 16 heavy (non-hydrogen) atoms. The summed E-state index contributed by atoms with van der Waals surface area (Å²) in [4.78, 5) is 25.8. The number of H-pyrrole nitrogens is 1. The fourth-order valence-electron chi connectivity index (χ4n) is 0.721. The second kappa shape index (κ2) is 8.50. The lowest BCUT2D eigenvalue weighted by Gasteiger charge is -2.02. The van der Waals surface area contributed by atoms with Gasteiger partial charge in [-0.25, -0.2) is 9.78 Å². The van der Waals surface area contributed by atoms with Crippen LogP contribution >= 0.6 is 12.4 Å². The number of nitrogens with one attached hydrogen (secondary N) is 1. The molecule has 0 saturated carbocycles. The number of carboxylic acid groups (broad SMARTS) is 1. The number of hydrogen-bond acceptors (Lipinski definition) is 4. The van der Waals surface area contributed by atoms with Gasteiger partial charge in [-0.3, -0.25) is 4.79 Å². The van der Waals surface area contributed by atoms with Gasteiger partial charge in [-0.2, -0.15) is 0 Å². The summed E-state index contributed by atoms with van der Waals surface area (Å²) in [5.41, 5.74) is 14.5. The molecule has 9 heteroatoms. The van der Waals surface area contributed by atoms with Crippen molar-refractivity contribution >= 4 is 24.4 Å². The van der Waals surface area contributed by atoms with Crippen molar-refractivity contribution in [2.75, 3.05) is 0 Å². The second-order valence-corrected chi connectivity index (χ2v) is 2.63. The molecule has 1 rings (SSSR count). The Morgan fingerprint density at radius 1 is 1.50 bits per heavy atom. The zero-order valence-electron chi connectivity index (χ0n) is 8.29. The number of aromatic nitrogens is 2. The first-order chi connectivity index (χ1) is 6.93. The van der Waals surface area contributed by atoms with Gasteiger partial charge in [-0.1, -0.05) is 0 Å². The number of imidazole rings is 1. The third-order valence-electron chi connectivity index (χ3n) is 1.31. The number of hydrogen-bond donors (Lipinski definition) is 5. The van der Waals surface area contributed by atoms with Crippen molar-refractivity contribution in [1.82, 2.24) is 9.97 Å². The monoisotopic (exact) mass is 251 g/mol. The highest BCUT2D eigenvalue weighted by Crippen LogP contribution is 1.95. The summed E-state index contributed by atoms with van der Waals surface area (Å²) in [6, 6.07) is -1.68. The molecule has 8 N–H and O–H groups in total. The third kappa shape index (κ3) is 8.78. The number of urea groups is 1. The maximum Gasteiger partial charge on any atom is 0.320 e. The molecule has 1 aromatic heterocycles. The molecule has 0 fully saturated rings. The summed E-state index contributed by atoms with van der Waals surface area (Å²) in [6.45, 7) is 0. The Morgan fingerprint density at radius 2 is 2.00 bits per heavy atom. The van der Waals surface area contributed by atoms with Gasteiger partial charge in [0.1, 0.15) is 6.04 Å². The number of carbonyl (C=O) groups is 2. The van der Waals surface area contributed by atoms with Crippen molar-refractivity contribution in [2.24, 2.45) is 17.2 Å². The average Bonchev–Trinajstić information content (AvgIpc) is 2.55. The normalized spacial score (nSPS) is 10.3. The summed E-state index contributed by atoms with van der Waals surface area (Å²) >= 11 is 0. The van der Waals surface area contributed by atoms with E-state index in [2.05, 4.69) is 21.4 Å². The van der Waals surface area contributed by atoms with Crippen molar-refractivity contribution in [3.63, 3.8) is 0 Å². The molecule has 0 radical (unpaired) electrons. The largest absolute Gasteiger partial charge is 0.480 e. The molecular formula is C7H14ClN5O3. The highest BCUT2D eigenvalue weighted by molar-refractivity contribution is 5.85. The van der Waals surface area contributed by atoms with E-state index in [1.807, 2.05) is 0 Å². The van der Waals surface area contributed by atoms with Crippen LogP contribution in [0, 0.1) is 0 Å². The molecule has 0 aliphatic heterocycles. The summed E-state index contributed by atoms with van der Waals surface area (Å²) in [5, 5.41) is 8.42. The molecule has 0 aromatic carbocycles. The molecule has 0 aliphatic carbocycles. The molecular weight excluding hydrogens is 238 g/mol. The van der Waals surface area contributed by atoms with Gasteiger partial charge in [-0.15, -0.1) is 12.4 Å². The van der Waals surface area contributed by atoms with E-state index >= 15 is 0 Å². The van der Waals surface area contributed by atoms with Crippen LogP contribution in [0.25, 0.3) is 0 Å². The Kier molecular flexibility index (Phi) is 8.83. The van der Waals surface area contributed by atoms with E-state index < -0.39 is 18.0 Å². The number of rotatable bonds is 3. The Bertz CT molecular complexity index is 312. The molecule has 0 spiro atoms. The van der Waals surface area contributed by atoms with Crippen LogP contribution in [-0.2, 0) is 11.2 Å². The molecule has 1 heterocycles. The summed E-state index contributed by atoms with van der Waals surface area (Å²) in [6.07, 6.45) is 3.34. The van der Waals surface area contributed by atoms with Crippen LogP contribution in [0.2, 0.25) is 0 Å². The lowest BCUT2D eigenvalue weighted by atomic mass is 10.2. The predicted molar refractivity (Wildman–Crippen MR) is 58.9 cm³/mol. The van der Waals surface area contributed by atoms with Gasteiger partial charge < -0.3 is 27.3 Å². The molecule has 92 valence electrons. The van der Waals surface area contributed by atoms with Gasteiger partial charge in [0.25, 0.3) is 0 Å². The average molecular weight is 252 g/mol. The predicted octanol–water partition coefficient (Wildman–Crippen LogP) is -1.19. The fourth-order valence-corrected chi connectivity index (χ4v) is 0.721. The van der Waals surface area contributed by atoms with E-state index in [0.29, 0.717) is 0 Å². The van der Waals surface area contributed by atoms with Gasteiger partial charge in [0.15, 0.2) is 0 Å². The highest BCUT2D eigenvalue weighted by Gasteiger charge is 2.11. The summed E-state index contributed by atoms with van der Waals surface area (Å²) in [7, 11) is 0. The van der Waals surface area contributed by atoms with E-state index in [4.69, 9.17) is 15.6 Å². The van der Waals surface area contributed by atoms with Crippen LogP contribution in [0.3, 0.4) is 0 Å². The molecule has 2 amide bonds. The SMILES string of the molecule is Cl.NC(N)=O.N[C@@H](Cc1cnc[nH]1)C(=O)O. The quantitative estimate of drug-likeness (QED) is 0.456. The summed E-state index contributed by atoms with van der Waals surface area (Å²) in [5.74, 6) is -1.00. The fraction of sp³-hybridized carbons (Fsp3) is 0.286. The van der Waals surface area contributed by atoms with Gasteiger partial charge in [0.2, 0.25) is 0 Å². The topological polar surface area (TPSA) is 161 Å². The smallest absolute Gasteiger partial charge is 0.320 e. The van der Waals surface area contributed by atoms with E-state index in [1.54, 1.807) is 6.20 Å². The third-order valence-corrected chi connectivity index (χ3v) is 1.31. The standard InChI is InChI=1S/C6H9N3O2.CH4N2O.ClH/c7-5(6(10)11)1-4-2-8-3-9-4;2-1(3)4;/h2-3,5H,1,7H2,(H,8,9)(H,10,11);(H4,2,3,4);1H/t5-;;/m0../s1. The van der Waals surface area contributed by atoms with Gasteiger partial charge >= 0.3 is 12.0 Å². The maximum atomic E-state index is 10.3. The van der Waals surface area contributed by atoms with Gasteiger partial charge in [0, 0.05) is 18.3 Å². The first-order valence-electron chi connectivity index (χ1n) is 3.94. The number of nitrogens with two attached hydrogens (primary N) is 3. The molecule has 1 atom stereocenters. The van der Waals surface area contributed by atoms with E-state index in [-0.39, 0.29) is 18.8 Å². The number of carbonyl (C=O) groups excluding carboxylic acids is 1. The van der Waals surface area contributed by atoms with Crippen LogP contribution in [0.5, 0.6) is 0 Å². The van der Waals surface area contributed by atoms with Crippen LogP contribution in [-0.4, -0.2) is 33.1 Å². The van der Waals surface area contributed by atoms with Gasteiger partial charge in [-0.05, 0) is 0 Å². The first kappa shape index (κ1) is 16.6. The van der Waals surface area contributed by atoms with Crippen molar-refractivity contribution in [1.29, 1.82) is 0 Å². The number of aliphatic carboxylic acids is 1. The van der Waals surface area contributed by atoms with Crippen LogP contribution in [0.4, 0.5) is 4.79 Å². The highest BCUT2D eigenvalue weighted by atomic mass is 35.5. The molecule has 0 unspecified atom stereocenters. The second-order valence-electron chi connectivity index (χ2n) is 2.63. The Balaban J connectivity index is 0. The van der Waals surface area contributed by atoms with Crippen molar-refractivity contribution in [3.05, 3.63) is 18.2 Å². The number of nitrogens with zero attached hydrogens (tertiary/aromatic N) is 1. The summed E-state index contributed by atoms with van der Waals surface area (Å²) < 4.78 is 0. The minimum absolute atomic E-state index is 0. The van der Waals surface area contributed by atoms with Gasteiger partial charge in [0.05, 0.1) is 6.33 Å². The minimum Gasteiger partial charge on any atom is -0.480 e. The van der Waals surface area contributed by atoms with Crippen molar-refractivity contribution in [2.45, 2.75) is 12.5 Å².